The third kappa shape index (κ3) is 3.53. The molecule has 0 amide bonds. The minimum absolute atomic E-state index is 1.36. The summed E-state index contributed by atoms with van der Waals surface area (Å²) in [6, 6.07) is 0. The van der Waals surface area contributed by atoms with Gasteiger partial charge in [0.1, 0.15) is 0 Å². The molecule has 0 unspecified atom stereocenters. The molecule has 0 radical (unpaired) electrons. The minimum atomic E-state index is 1.36. The molecule has 2 heterocycles. The topological polar surface area (TPSA) is 3.24 Å². The molecule has 0 aliphatic carbocycles. The molecule has 0 aliphatic rings. The number of benzene rings is 4. The molecule has 0 N–H and O–H groups in total. The van der Waals surface area contributed by atoms with Crippen molar-refractivity contribution in [3.8, 4) is 0 Å². The van der Waals surface area contributed by atoms with Crippen molar-refractivity contribution in [2.75, 3.05) is 11.9 Å². The molecule has 0 saturated carbocycles. The van der Waals surface area contributed by atoms with Gasteiger partial charge in [-0.15, -0.1) is 22.7 Å². The van der Waals surface area contributed by atoms with Gasteiger partial charge in [0.25, 0.3) is 0 Å². The number of hydrogen-bond donors (Lipinski definition) is 0. The van der Waals surface area contributed by atoms with Crippen molar-refractivity contribution in [3.05, 3.63) is 77.9 Å². The summed E-state index contributed by atoms with van der Waals surface area (Å²) in [5, 5.41) is 5.87. The Balaban J connectivity index is 1.69. The van der Waals surface area contributed by atoms with Crippen LogP contribution in [0.25, 0.3) is 40.3 Å². The maximum Gasteiger partial charge on any atom is 0.0484 e. The lowest BCUT2D eigenvalue weighted by molar-refractivity contribution is 1.13. The first-order valence-electron chi connectivity index (χ1n) is 15.2. The predicted molar refractivity (Wildman–Crippen MR) is 193 cm³/mol. The number of nitrogens with zero attached hydrogens (tertiary/aromatic N) is 1. The van der Waals surface area contributed by atoms with Crippen LogP contribution < -0.4 is 4.90 Å². The van der Waals surface area contributed by atoms with E-state index in [1.54, 1.807) is 0 Å². The van der Waals surface area contributed by atoms with Gasteiger partial charge in [-0.2, -0.15) is 0 Å². The molecule has 0 aliphatic heterocycles. The Bertz CT molecular complexity index is 2030. The fraction of sp³-hybridized carbons (Fsp3) is 0.385. The molecule has 0 fully saturated rings. The van der Waals surface area contributed by atoms with Gasteiger partial charge >= 0.3 is 0 Å². The van der Waals surface area contributed by atoms with E-state index in [1.165, 1.54) is 130 Å². The Morgan fingerprint density at radius 3 is 0.833 bits per heavy atom. The summed E-state index contributed by atoms with van der Waals surface area (Å²) in [6.45, 7) is 32.5. The van der Waals surface area contributed by atoms with Crippen LogP contribution in [0.3, 0.4) is 0 Å². The van der Waals surface area contributed by atoms with Gasteiger partial charge in [-0.1, -0.05) is 0 Å². The lowest BCUT2D eigenvalue weighted by atomic mass is 9.89. The van der Waals surface area contributed by atoms with E-state index in [2.05, 4.69) is 109 Å². The molecule has 4 aromatic carbocycles. The van der Waals surface area contributed by atoms with Crippen molar-refractivity contribution >= 4 is 74.4 Å². The van der Waals surface area contributed by atoms with E-state index < -0.39 is 0 Å². The Morgan fingerprint density at radius 1 is 0.286 bits per heavy atom. The van der Waals surface area contributed by atoms with Crippen molar-refractivity contribution in [2.24, 2.45) is 0 Å². The standard InChI is InChI=1S/C39H45NS2/c1-16-18(3)26(11)36-30(20(16)5)32-22(7)24(9)34(28(13)38(32)41-36)40(15)35-25(10)23(8)33-31-21(6)17(2)19(4)27(12)37(31)42-39(33)29(35)14/h1-15H3. The van der Waals surface area contributed by atoms with E-state index in [9.17, 15) is 0 Å². The molecule has 0 spiro atoms. The second-order valence-corrected chi connectivity index (χ2v) is 15.1. The maximum atomic E-state index is 2.52. The van der Waals surface area contributed by atoms with E-state index in [0.29, 0.717) is 0 Å². The summed E-state index contributed by atoms with van der Waals surface area (Å²) in [5.41, 5.74) is 22.6. The molecule has 0 bridgehead atoms. The van der Waals surface area contributed by atoms with E-state index >= 15 is 0 Å². The normalized spacial score (nSPS) is 12.2. The number of aryl methyl sites for hydroxylation is 8. The highest BCUT2D eigenvalue weighted by Crippen LogP contribution is 2.51. The van der Waals surface area contributed by atoms with Gasteiger partial charge in [0.05, 0.1) is 0 Å². The molecule has 6 aromatic rings. The van der Waals surface area contributed by atoms with Crippen LogP contribution in [0.4, 0.5) is 11.4 Å². The molecular formula is C39H45NS2. The monoisotopic (exact) mass is 591 g/mol. The lowest BCUT2D eigenvalue weighted by Crippen LogP contribution is -2.16. The van der Waals surface area contributed by atoms with Crippen LogP contribution in [-0.2, 0) is 0 Å². The summed E-state index contributed by atoms with van der Waals surface area (Å²) in [6.07, 6.45) is 0. The molecule has 2 aromatic heterocycles. The first-order chi connectivity index (χ1) is 19.6. The van der Waals surface area contributed by atoms with Gasteiger partial charge in [0.15, 0.2) is 0 Å². The zero-order chi connectivity index (χ0) is 30.8. The second kappa shape index (κ2) is 9.56. The molecule has 42 heavy (non-hydrogen) atoms. The van der Waals surface area contributed by atoms with Crippen molar-refractivity contribution in [1.29, 1.82) is 0 Å². The number of thiophene rings is 2. The molecule has 3 heteroatoms. The first-order valence-corrected chi connectivity index (χ1v) is 16.8. The highest BCUT2D eigenvalue weighted by molar-refractivity contribution is 7.26. The van der Waals surface area contributed by atoms with Crippen LogP contribution in [0, 0.1) is 96.9 Å². The van der Waals surface area contributed by atoms with Gasteiger partial charge in [0.2, 0.25) is 0 Å². The molecule has 1 nitrogen and oxygen atoms in total. The summed E-state index contributed by atoms with van der Waals surface area (Å²) in [4.78, 5) is 2.52. The van der Waals surface area contributed by atoms with Crippen molar-refractivity contribution in [2.45, 2.75) is 96.9 Å². The van der Waals surface area contributed by atoms with Crippen LogP contribution >= 0.6 is 22.7 Å². The van der Waals surface area contributed by atoms with Gasteiger partial charge in [-0.05, 0) is 175 Å². The molecule has 218 valence electrons. The van der Waals surface area contributed by atoms with E-state index in [1.807, 2.05) is 22.7 Å². The van der Waals surface area contributed by atoms with Crippen LogP contribution in [0.5, 0.6) is 0 Å². The SMILES string of the molecule is Cc1c(C)c(C)c2c(sc3c(C)c(N(C)c4c(C)c(C)c5c(sc6c(C)c(C)c(C)c(C)c65)c4C)c(C)c(C)c32)c1C. The smallest absolute Gasteiger partial charge is 0.0484 e. The number of anilines is 2. The summed E-state index contributed by atoms with van der Waals surface area (Å²) in [7, 11) is 2.30. The number of rotatable bonds is 2. The predicted octanol–water partition coefficient (Wildman–Crippen LogP) is 12.5. The minimum Gasteiger partial charge on any atom is -0.344 e. The summed E-state index contributed by atoms with van der Waals surface area (Å²) >= 11 is 4.00. The maximum absolute atomic E-state index is 2.52. The van der Waals surface area contributed by atoms with Gasteiger partial charge in [-0.3, -0.25) is 0 Å². The zero-order valence-corrected chi connectivity index (χ0v) is 29.9. The number of fused-ring (bicyclic) bond motifs is 6. The highest BCUT2D eigenvalue weighted by atomic mass is 32.1. The van der Waals surface area contributed by atoms with Crippen LogP contribution in [-0.4, -0.2) is 7.05 Å². The molecule has 6 rings (SSSR count). The van der Waals surface area contributed by atoms with Crippen molar-refractivity contribution in [3.63, 3.8) is 0 Å². The van der Waals surface area contributed by atoms with Gasteiger partial charge < -0.3 is 4.90 Å². The Hall–Kier alpha value is -2.88. The third-order valence-corrected chi connectivity index (χ3v) is 14.1. The Labute approximate surface area is 260 Å². The van der Waals surface area contributed by atoms with Crippen LogP contribution in [0.15, 0.2) is 0 Å². The van der Waals surface area contributed by atoms with Crippen LogP contribution in [0.2, 0.25) is 0 Å². The fourth-order valence-corrected chi connectivity index (χ4v) is 10.8. The quantitative estimate of drug-likeness (QED) is 0.194. The van der Waals surface area contributed by atoms with Crippen LogP contribution in [0.1, 0.15) is 77.9 Å². The second-order valence-electron chi connectivity index (χ2n) is 13.0. The lowest BCUT2D eigenvalue weighted by Gasteiger charge is -2.30. The van der Waals surface area contributed by atoms with Gasteiger partial charge in [-0.25, -0.2) is 0 Å². The average Bonchev–Trinajstić information content (AvgIpc) is 3.56. The average molecular weight is 592 g/mol. The number of hydrogen-bond acceptors (Lipinski definition) is 3. The largest absolute Gasteiger partial charge is 0.344 e. The Morgan fingerprint density at radius 2 is 0.524 bits per heavy atom. The van der Waals surface area contributed by atoms with Gasteiger partial charge in [0, 0.05) is 58.8 Å². The molecular weight excluding hydrogens is 547 g/mol. The van der Waals surface area contributed by atoms with E-state index in [4.69, 9.17) is 0 Å². The first kappa shape index (κ1) is 29.2. The third-order valence-electron chi connectivity index (χ3n) is 11.3. The van der Waals surface area contributed by atoms with E-state index in [0.717, 1.165) is 0 Å². The van der Waals surface area contributed by atoms with Crippen molar-refractivity contribution in [1.82, 2.24) is 0 Å². The van der Waals surface area contributed by atoms with E-state index in [-0.39, 0.29) is 0 Å². The Kier molecular flexibility index (Phi) is 6.65. The summed E-state index contributed by atoms with van der Waals surface area (Å²) < 4.78 is 5.81. The fourth-order valence-electron chi connectivity index (χ4n) is 7.82. The van der Waals surface area contributed by atoms with Crippen molar-refractivity contribution < 1.29 is 0 Å². The molecule has 0 atom stereocenters. The zero-order valence-electron chi connectivity index (χ0n) is 28.3. The molecule has 0 saturated heterocycles. The highest BCUT2D eigenvalue weighted by Gasteiger charge is 2.26. The summed E-state index contributed by atoms with van der Waals surface area (Å²) in [5.74, 6) is 0.